The number of aromatic nitrogens is 4. The first-order valence-electron chi connectivity index (χ1n) is 36.3. The lowest BCUT2D eigenvalue weighted by Crippen LogP contribution is -2.44. The molecule has 0 radical (unpaired) electrons. The average molecular weight is 1500 g/mol. The molecule has 1 aromatic rings. The maximum Gasteiger partial charge on any atom is 0.326 e. The van der Waals surface area contributed by atoms with E-state index in [9.17, 15) is 57.0 Å². The van der Waals surface area contributed by atoms with Gasteiger partial charge in [0.1, 0.15) is 12.1 Å². The van der Waals surface area contributed by atoms with E-state index in [2.05, 4.69) is 51.9 Å². The van der Waals surface area contributed by atoms with Crippen LogP contribution in [0.15, 0.2) is 0 Å². The van der Waals surface area contributed by atoms with Gasteiger partial charge in [-0.2, -0.15) is 5.21 Å². The number of carboxylic acid groups (broad SMARTS) is 2. The number of hydrogen-bond donors (Lipinski definition) is 10. The summed E-state index contributed by atoms with van der Waals surface area (Å²) in [5.74, 6) is -5.63. The number of hydrogen-bond acceptors (Lipinski definition) is 27. The largest absolute Gasteiger partial charge is 0.480 e. The van der Waals surface area contributed by atoms with E-state index < -0.39 is 75.8 Å². The van der Waals surface area contributed by atoms with Crippen molar-refractivity contribution in [3.8, 4) is 0 Å². The number of aliphatic hydroxyl groups excluding tert-OH is 1. The number of rotatable bonds is 79. The Balaban J connectivity index is 1.91. The molecule has 1 aromatic heterocycles. The van der Waals surface area contributed by atoms with Crippen molar-refractivity contribution in [3.63, 3.8) is 0 Å². The number of H-pyrrole nitrogens is 1. The summed E-state index contributed by atoms with van der Waals surface area (Å²) >= 11 is 0. The molecule has 2 atom stereocenters. The van der Waals surface area contributed by atoms with Crippen LogP contribution in [0.5, 0.6) is 0 Å². The number of aliphatic hydroxyl groups is 1. The Kier molecular flexibility index (Phi) is 65.2. The number of carbonyl (C=O) groups excluding carboxylic acids is 6. The van der Waals surface area contributed by atoms with Crippen LogP contribution >= 0.6 is 0 Å². The van der Waals surface area contributed by atoms with Crippen molar-refractivity contribution in [1.29, 1.82) is 0 Å². The van der Waals surface area contributed by atoms with Gasteiger partial charge in [0, 0.05) is 64.6 Å². The van der Waals surface area contributed by atoms with Gasteiger partial charge >= 0.3 is 11.9 Å². The van der Waals surface area contributed by atoms with Gasteiger partial charge in [-0.1, -0.05) is 75.8 Å². The zero-order valence-electron chi connectivity index (χ0n) is 60.5. The predicted octanol–water partition coefficient (Wildman–Crippen LogP) is 0.856. The molecular weight excluding hydrogens is 1380 g/mol. The van der Waals surface area contributed by atoms with Gasteiger partial charge in [0.05, 0.1) is 184 Å². The normalized spacial score (nSPS) is 12.0. The van der Waals surface area contributed by atoms with E-state index in [0.717, 1.165) is 44.3 Å². The van der Waals surface area contributed by atoms with Crippen molar-refractivity contribution < 1.29 is 124 Å². The van der Waals surface area contributed by atoms with Gasteiger partial charge in [0.15, 0.2) is 5.82 Å². The molecule has 0 aromatic carbocycles. The standard InChI is InChI=1S/C66H122N10O26S/c77-28-32-91-30-26-69-61(80)24-29-90-33-35-93-37-39-95-41-43-97-45-47-99-49-51-101-53-54-102-52-50-100-48-46-98-44-42-96-40-38-94-36-34-92-31-27-68-60(79)22-20-56(65(84)85)71-63(82)23-21-57(66(86)87)70-62(81)18-14-25-67-59(78)19-15-55-103(88,89)74-64(83)17-13-11-9-7-5-3-1-2-4-6-8-10-12-16-58-72-75-76-73-58/h56-57,77H,1-55H2,(H,67,78)(H,68,79)(H,69,80)(H,70,81)(H,71,82)(H,74,83)(H,84,85)(H,86,87)(H,72,73,75,76). The molecule has 103 heavy (non-hydrogen) atoms. The molecule has 0 spiro atoms. The van der Waals surface area contributed by atoms with E-state index in [4.69, 9.17) is 66.7 Å². The Bertz CT molecular complexity index is 2380. The van der Waals surface area contributed by atoms with Gasteiger partial charge in [-0.25, -0.2) is 18.0 Å². The lowest BCUT2D eigenvalue weighted by molar-refractivity contribution is -0.143. The molecule has 1 rings (SSSR count). The number of amides is 6. The highest BCUT2D eigenvalue weighted by Gasteiger charge is 2.25. The van der Waals surface area contributed by atoms with Crippen LogP contribution in [0, 0.1) is 0 Å². The first-order chi connectivity index (χ1) is 50.1. The van der Waals surface area contributed by atoms with Gasteiger partial charge in [-0.3, -0.25) is 33.5 Å². The number of unbranched alkanes of at least 4 members (excludes halogenated alkanes) is 12. The molecule has 0 bridgehead atoms. The fraction of sp³-hybridized carbons (Fsp3) is 0.864. The van der Waals surface area contributed by atoms with E-state index in [1.54, 1.807) is 0 Å². The minimum Gasteiger partial charge on any atom is -0.480 e. The highest BCUT2D eigenvalue weighted by Crippen LogP contribution is 2.14. The van der Waals surface area contributed by atoms with Crippen molar-refractivity contribution in [2.75, 3.05) is 204 Å². The average Bonchev–Trinajstić information content (AvgIpc) is 1.50. The number of tetrazole rings is 1. The lowest BCUT2D eigenvalue weighted by Gasteiger charge is -2.17. The lowest BCUT2D eigenvalue weighted by atomic mass is 10.0. The molecule has 6 amide bonds. The second-order valence-corrected chi connectivity index (χ2v) is 25.3. The van der Waals surface area contributed by atoms with Crippen molar-refractivity contribution in [1.82, 2.24) is 51.9 Å². The minimum atomic E-state index is -3.93. The van der Waals surface area contributed by atoms with Crippen LogP contribution in [0.25, 0.3) is 0 Å². The number of aryl methyl sites for hydroxylation is 1. The summed E-state index contributed by atoms with van der Waals surface area (Å²) in [6.45, 7) is 10.3. The van der Waals surface area contributed by atoms with E-state index >= 15 is 0 Å². The van der Waals surface area contributed by atoms with Gasteiger partial charge < -0.3 is 103 Å². The van der Waals surface area contributed by atoms with Crippen LogP contribution in [0.2, 0.25) is 0 Å². The van der Waals surface area contributed by atoms with Crippen molar-refractivity contribution >= 4 is 57.4 Å². The Morgan fingerprint density at radius 1 is 0.350 bits per heavy atom. The number of nitrogens with zero attached hydrogens (tertiary/aromatic N) is 3. The monoisotopic (exact) mass is 1500 g/mol. The quantitative estimate of drug-likeness (QED) is 0.0404. The number of ether oxygens (including phenoxy) is 13. The van der Waals surface area contributed by atoms with Gasteiger partial charge in [0.25, 0.3) is 0 Å². The van der Waals surface area contributed by atoms with Gasteiger partial charge in [0.2, 0.25) is 45.5 Å². The summed E-state index contributed by atoms with van der Waals surface area (Å²) < 4.78 is 97.6. The maximum absolute atomic E-state index is 12.6. The fourth-order valence-corrected chi connectivity index (χ4v) is 10.3. The second kappa shape index (κ2) is 70.5. The Labute approximate surface area is 606 Å². The summed E-state index contributed by atoms with van der Waals surface area (Å²) in [4.78, 5) is 97.5. The van der Waals surface area contributed by atoms with E-state index in [-0.39, 0.29) is 110 Å². The van der Waals surface area contributed by atoms with Crippen LogP contribution in [-0.4, -0.2) is 308 Å². The van der Waals surface area contributed by atoms with Crippen molar-refractivity contribution in [2.45, 2.75) is 166 Å². The Morgan fingerprint density at radius 3 is 1.07 bits per heavy atom. The summed E-state index contributed by atoms with van der Waals surface area (Å²) in [6, 6.07) is -2.92. The third-order valence-electron chi connectivity index (χ3n) is 14.7. The third-order valence-corrected chi connectivity index (χ3v) is 16.1. The van der Waals surface area contributed by atoms with Crippen LogP contribution in [0.4, 0.5) is 0 Å². The molecule has 0 fully saturated rings. The number of aromatic amines is 1. The summed E-state index contributed by atoms with van der Waals surface area (Å²) in [7, 11) is -3.93. The molecule has 0 aliphatic rings. The molecule has 2 unspecified atom stereocenters. The first-order valence-corrected chi connectivity index (χ1v) is 38.0. The third kappa shape index (κ3) is 66.6. The summed E-state index contributed by atoms with van der Waals surface area (Å²) in [6.07, 6.45) is 13.8. The molecular formula is C66H122N10O26S. The summed E-state index contributed by atoms with van der Waals surface area (Å²) in [5.41, 5.74) is 0. The van der Waals surface area contributed by atoms with E-state index in [1.165, 1.54) is 44.9 Å². The SMILES string of the molecule is O=C(CCCS(=O)(=O)NC(=O)CCCCCCCCCCCCCCCc1nn[nH]n1)NCCCC(=O)NC(CCC(=O)NC(CCC(=O)NCCOCCOCCOCCOCCOCCOCCOCCOCCOCCOCCOCCOCCC(=O)NCCOCCO)C(=O)O)C(=O)O. The van der Waals surface area contributed by atoms with Gasteiger partial charge in [-0.15, -0.1) is 10.2 Å². The maximum atomic E-state index is 12.6. The van der Waals surface area contributed by atoms with E-state index in [0.29, 0.717) is 158 Å². The zero-order valence-corrected chi connectivity index (χ0v) is 61.3. The van der Waals surface area contributed by atoms with E-state index in [1.807, 2.05) is 0 Å². The number of carboxylic acids is 2. The molecule has 0 saturated carbocycles. The van der Waals surface area contributed by atoms with Crippen LogP contribution < -0.4 is 31.3 Å². The number of aliphatic carboxylic acids is 2. The van der Waals surface area contributed by atoms with Crippen LogP contribution in [0.3, 0.4) is 0 Å². The fourth-order valence-electron chi connectivity index (χ4n) is 9.22. The van der Waals surface area contributed by atoms with Crippen molar-refractivity contribution in [3.05, 3.63) is 5.82 Å². The number of nitrogens with one attached hydrogen (secondary N) is 7. The highest BCUT2D eigenvalue weighted by atomic mass is 32.2. The molecule has 36 nitrogen and oxygen atoms in total. The topological polar surface area (TPSA) is 478 Å². The Hall–Kier alpha value is -5.78. The molecule has 598 valence electrons. The Morgan fingerprint density at radius 2 is 0.670 bits per heavy atom. The molecule has 37 heteroatoms. The predicted molar refractivity (Wildman–Crippen MR) is 372 cm³/mol. The van der Waals surface area contributed by atoms with Gasteiger partial charge in [-0.05, 0) is 38.5 Å². The molecule has 0 aliphatic carbocycles. The second-order valence-electron chi connectivity index (χ2n) is 23.5. The molecule has 10 N–H and O–H groups in total. The van der Waals surface area contributed by atoms with Crippen molar-refractivity contribution in [2.24, 2.45) is 0 Å². The molecule has 0 aliphatic heterocycles. The van der Waals surface area contributed by atoms with Crippen LogP contribution in [0.1, 0.15) is 154 Å². The number of carbonyl (C=O) groups is 8. The first kappa shape index (κ1) is 95.2. The minimum absolute atomic E-state index is 0.0341. The smallest absolute Gasteiger partial charge is 0.326 e. The molecule has 1 heterocycles. The summed E-state index contributed by atoms with van der Waals surface area (Å²) in [5, 5.41) is 54.4. The highest BCUT2D eigenvalue weighted by molar-refractivity contribution is 7.90. The number of sulfonamides is 1. The zero-order chi connectivity index (χ0) is 75.0. The molecule has 0 saturated heterocycles. The van der Waals surface area contributed by atoms with Crippen LogP contribution in [-0.2, 0) is 116 Å².